The van der Waals surface area contributed by atoms with Gasteiger partial charge in [0, 0.05) is 34.8 Å². The molecule has 0 bridgehead atoms. The molecule has 1 N–H and O–H groups in total. The van der Waals surface area contributed by atoms with Gasteiger partial charge in [-0.3, -0.25) is 14.6 Å². The number of pyridine rings is 1. The summed E-state index contributed by atoms with van der Waals surface area (Å²) < 4.78 is 0. The molecular weight excluding hydrogens is 432 g/mol. The predicted octanol–water partition coefficient (Wildman–Crippen LogP) is 4.33. The van der Waals surface area contributed by atoms with E-state index in [4.69, 9.17) is 0 Å². The molecule has 35 heavy (non-hydrogen) atoms. The highest BCUT2D eigenvalue weighted by Crippen LogP contribution is 2.24. The number of Topliss-reactive ketones (excluding diaryl/α,β-unsaturated/α-hetero) is 1. The van der Waals surface area contributed by atoms with Gasteiger partial charge >= 0.3 is 0 Å². The van der Waals surface area contributed by atoms with Gasteiger partial charge in [0.05, 0.1) is 0 Å². The zero-order chi connectivity index (χ0) is 23.8. The van der Waals surface area contributed by atoms with Crippen LogP contribution in [0.4, 0.5) is 5.69 Å². The highest BCUT2D eigenvalue weighted by molar-refractivity contribution is 6.24. The fourth-order valence-electron chi connectivity index (χ4n) is 5.28. The largest absolute Gasteiger partial charge is 0.322 e. The zero-order valence-corrected chi connectivity index (χ0v) is 19.3. The summed E-state index contributed by atoms with van der Waals surface area (Å²) in [5.74, 6) is -0.136. The SMILES string of the molecule is O=C(Nc1ccc(C(=O)C2=c3ccc4c(c3CCC2)CC=c2ccccc2=4)cc1)c1ccncc1. The third-order valence-corrected chi connectivity index (χ3v) is 7.01. The minimum absolute atomic E-state index is 0.0677. The Kier molecular flexibility index (Phi) is 5.34. The first kappa shape index (κ1) is 21.2. The number of carbonyl (C=O) groups is 2. The molecule has 170 valence electrons. The lowest BCUT2D eigenvalue weighted by molar-refractivity contribution is 0.102. The number of benzene rings is 3. The van der Waals surface area contributed by atoms with Crippen LogP contribution < -0.4 is 15.8 Å². The molecule has 0 radical (unpaired) electrons. The van der Waals surface area contributed by atoms with E-state index < -0.39 is 0 Å². The van der Waals surface area contributed by atoms with Gasteiger partial charge < -0.3 is 5.32 Å². The summed E-state index contributed by atoms with van der Waals surface area (Å²) in [6.45, 7) is 0. The number of amides is 1. The first-order chi connectivity index (χ1) is 17.2. The molecular formula is C31H24N2O2. The number of rotatable bonds is 4. The second-order valence-corrected chi connectivity index (χ2v) is 9.04. The average Bonchev–Trinajstić information content (AvgIpc) is 2.93. The molecule has 2 aliphatic carbocycles. The molecule has 0 saturated heterocycles. The van der Waals surface area contributed by atoms with E-state index in [0.717, 1.165) is 36.5 Å². The smallest absolute Gasteiger partial charge is 0.255 e. The number of aromatic nitrogens is 1. The van der Waals surface area contributed by atoms with E-state index in [0.29, 0.717) is 16.8 Å². The molecule has 3 aromatic carbocycles. The Morgan fingerprint density at radius 1 is 0.714 bits per heavy atom. The number of anilines is 1. The summed E-state index contributed by atoms with van der Waals surface area (Å²) in [6.07, 6.45) is 9.15. The van der Waals surface area contributed by atoms with Crippen molar-refractivity contribution in [2.24, 2.45) is 0 Å². The van der Waals surface area contributed by atoms with Crippen molar-refractivity contribution in [2.45, 2.75) is 25.7 Å². The van der Waals surface area contributed by atoms with Crippen LogP contribution in [0.1, 0.15) is 44.7 Å². The summed E-state index contributed by atoms with van der Waals surface area (Å²) in [5, 5.41) is 7.83. The lowest BCUT2D eigenvalue weighted by Gasteiger charge is -2.20. The predicted molar refractivity (Wildman–Crippen MR) is 137 cm³/mol. The Morgan fingerprint density at radius 3 is 2.31 bits per heavy atom. The third-order valence-electron chi connectivity index (χ3n) is 7.01. The van der Waals surface area contributed by atoms with Gasteiger partial charge in [-0.15, -0.1) is 0 Å². The van der Waals surface area contributed by atoms with Crippen molar-refractivity contribution in [3.8, 4) is 0 Å². The van der Waals surface area contributed by atoms with E-state index >= 15 is 0 Å². The highest BCUT2D eigenvalue weighted by atomic mass is 16.1. The second-order valence-electron chi connectivity index (χ2n) is 9.04. The van der Waals surface area contributed by atoms with Crippen LogP contribution in [0.3, 0.4) is 0 Å². The maximum Gasteiger partial charge on any atom is 0.255 e. The van der Waals surface area contributed by atoms with Gasteiger partial charge in [0.15, 0.2) is 5.78 Å². The topological polar surface area (TPSA) is 59.1 Å². The van der Waals surface area contributed by atoms with Crippen LogP contribution in [0.5, 0.6) is 0 Å². The van der Waals surface area contributed by atoms with Gasteiger partial charge in [0.25, 0.3) is 5.91 Å². The normalized spacial score (nSPS) is 13.7. The standard InChI is InChI=1S/C31H24N2O2/c34-30(21-8-11-23(12-9-21)33-31(35)22-16-18-32-19-17-22)29-7-3-6-25-27-13-10-20-4-1-2-5-24(20)26(27)14-15-28(25)29/h1-2,4-5,8-12,14-19H,3,6-7,13H2,(H,33,35). The Hall–Kier alpha value is -4.31. The average molecular weight is 457 g/mol. The van der Waals surface area contributed by atoms with Gasteiger partial charge in [-0.2, -0.15) is 0 Å². The number of hydrogen-bond donors (Lipinski definition) is 1. The number of nitrogens with one attached hydrogen (secondary N) is 1. The lowest BCUT2D eigenvalue weighted by Crippen LogP contribution is -2.25. The van der Waals surface area contributed by atoms with Crippen LogP contribution in [0.25, 0.3) is 11.6 Å². The molecule has 0 unspecified atom stereocenters. The second kappa shape index (κ2) is 8.80. The Bertz CT molecular complexity index is 1690. The Balaban J connectivity index is 1.35. The number of carbonyl (C=O) groups excluding carboxylic acids is 2. The fraction of sp³-hybridized carbons (Fsp3) is 0.129. The van der Waals surface area contributed by atoms with Crippen molar-refractivity contribution < 1.29 is 9.59 Å². The molecule has 4 aromatic rings. The van der Waals surface area contributed by atoms with E-state index in [1.54, 1.807) is 48.8 Å². The maximum atomic E-state index is 13.5. The number of nitrogens with zero attached hydrogens (tertiary/aromatic N) is 1. The van der Waals surface area contributed by atoms with Gasteiger partial charge in [-0.1, -0.05) is 42.5 Å². The number of hydrogen-bond acceptors (Lipinski definition) is 3. The van der Waals surface area contributed by atoms with E-state index in [1.807, 2.05) is 0 Å². The molecule has 1 heterocycles. The summed E-state index contributed by atoms with van der Waals surface area (Å²) in [6, 6.07) is 23.4. The Morgan fingerprint density at radius 2 is 1.49 bits per heavy atom. The first-order valence-corrected chi connectivity index (χ1v) is 12.0. The van der Waals surface area contributed by atoms with Gasteiger partial charge in [-0.05, 0) is 94.1 Å². The molecule has 0 atom stereocenters. The van der Waals surface area contributed by atoms with Crippen molar-refractivity contribution in [2.75, 3.05) is 5.32 Å². The Labute approximate surface area is 203 Å². The van der Waals surface area contributed by atoms with Crippen molar-refractivity contribution >= 4 is 29.0 Å². The summed E-state index contributed by atoms with van der Waals surface area (Å²) in [7, 11) is 0. The van der Waals surface area contributed by atoms with Crippen LogP contribution >= 0.6 is 0 Å². The summed E-state index contributed by atoms with van der Waals surface area (Å²) in [4.78, 5) is 29.9. The van der Waals surface area contributed by atoms with Crippen LogP contribution in [-0.2, 0) is 12.8 Å². The number of ketones is 1. The molecule has 6 rings (SSSR count). The molecule has 1 amide bonds. The van der Waals surface area contributed by atoms with Crippen LogP contribution in [0.2, 0.25) is 0 Å². The van der Waals surface area contributed by atoms with Crippen molar-refractivity contribution in [3.05, 3.63) is 128 Å². The van der Waals surface area contributed by atoms with E-state index in [1.165, 1.54) is 26.8 Å². The van der Waals surface area contributed by atoms with E-state index in [-0.39, 0.29) is 11.7 Å². The molecule has 0 fully saturated rings. The molecule has 4 nitrogen and oxygen atoms in total. The van der Waals surface area contributed by atoms with Crippen molar-refractivity contribution in [3.63, 3.8) is 0 Å². The molecule has 0 spiro atoms. The van der Waals surface area contributed by atoms with Crippen LogP contribution in [0, 0.1) is 10.4 Å². The van der Waals surface area contributed by atoms with Gasteiger partial charge in [0.2, 0.25) is 0 Å². The maximum absolute atomic E-state index is 13.5. The monoisotopic (exact) mass is 456 g/mol. The molecule has 2 aliphatic rings. The summed E-state index contributed by atoms with van der Waals surface area (Å²) >= 11 is 0. The minimum atomic E-state index is -0.204. The van der Waals surface area contributed by atoms with Crippen LogP contribution in [0.15, 0.2) is 85.2 Å². The fourth-order valence-corrected chi connectivity index (χ4v) is 5.28. The van der Waals surface area contributed by atoms with Gasteiger partial charge in [0.1, 0.15) is 0 Å². The van der Waals surface area contributed by atoms with Gasteiger partial charge in [-0.25, -0.2) is 0 Å². The molecule has 4 heteroatoms. The third kappa shape index (κ3) is 3.87. The quantitative estimate of drug-likeness (QED) is 0.465. The molecule has 0 aliphatic heterocycles. The summed E-state index contributed by atoms with van der Waals surface area (Å²) in [5.41, 5.74) is 5.41. The van der Waals surface area contributed by atoms with E-state index in [9.17, 15) is 9.59 Å². The van der Waals surface area contributed by atoms with E-state index in [2.05, 4.69) is 52.8 Å². The van der Waals surface area contributed by atoms with Crippen LogP contribution in [-0.4, -0.2) is 16.7 Å². The zero-order valence-electron chi connectivity index (χ0n) is 19.3. The van der Waals surface area contributed by atoms with Crippen molar-refractivity contribution in [1.82, 2.24) is 4.98 Å². The first-order valence-electron chi connectivity index (χ1n) is 12.0. The lowest BCUT2D eigenvalue weighted by atomic mass is 9.84. The highest BCUT2D eigenvalue weighted by Gasteiger charge is 2.21. The molecule has 0 saturated carbocycles. The number of fused-ring (bicyclic) bond motifs is 4. The van der Waals surface area contributed by atoms with Crippen molar-refractivity contribution in [1.29, 1.82) is 0 Å². The molecule has 1 aromatic heterocycles. The minimum Gasteiger partial charge on any atom is -0.322 e.